The van der Waals surface area contributed by atoms with Crippen LogP contribution in [0.25, 0.3) is 0 Å². The molecule has 0 amide bonds. The zero-order valence-corrected chi connectivity index (χ0v) is 12.8. The topological polar surface area (TPSA) is 154 Å². The molecule has 2 aromatic carbocycles. The van der Waals surface area contributed by atoms with E-state index in [1.54, 1.807) is 0 Å². The first-order chi connectivity index (χ1) is 11.2. The van der Waals surface area contributed by atoms with Gasteiger partial charge in [0.1, 0.15) is 11.5 Å². The Labute approximate surface area is 135 Å². The molecule has 10 heteroatoms. The highest BCUT2D eigenvalue weighted by atomic mass is 31.2. The molecule has 0 saturated heterocycles. The predicted molar refractivity (Wildman–Crippen MR) is 81.3 cm³/mol. The minimum Gasteiger partial charge on any atom is -0.457 e. The van der Waals surface area contributed by atoms with E-state index in [0.717, 1.165) is 18.2 Å². The van der Waals surface area contributed by atoms with Crippen molar-refractivity contribution in [2.45, 2.75) is 5.85 Å². The van der Waals surface area contributed by atoms with Gasteiger partial charge in [-0.2, -0.15) is 5.26 Å². The number of nitrogens with zero attached hydrogens (tertiary/aromatic N) is 2. The molecule has 0 saturated carbocycles. The Morgan fingerprint density at radius 3 is 2.33 bits per heavy atom. The minimum absolute atomic E-state index is 0.152. The van der Waals surface area contributed by atoms with Crippen molar-refractivity contribution in [3.8, 4) is 17.6 Å². The Balaban J connectivity index is 2.46. The van der Waals surface area contributed by atoms with Crippen LogP contribution in [0.4, 0.5) is 5.69 Å². The lowest BCUT2D eigenvalue weighted by molar-refractivity contribution is -0.385. The van der Waals surface area contributed by atoms with E-state index < -0.39 is 29.6 Å². The molecule has 0 spiro atoms. The monoisotopic (exact) mass is 350 g/mol. The first-order valence-electron chi connectivity index (χ1n) is 6.42. The van der Waals surface area contributed by atoms with Gasteiger partial charge >= 0.3 is 7.60 Å². The van der Waals surface area contributed by atoms with Crippen LogP contribution < -0.4 is 4.74 Å². The van der Waals surface area contributed by atoms with Crippen LogP contribution in [-0.4, -0.2) is 19.8 Å². The number of aliphatic hydroxyl groups excluding tert-OH is 1. The summed E-state index contributed by atoms with van der Waals surface area (Å²) >= 11 is 0. The van der Waals surface area contributed by atoms with Crippen LogP contribution in [0.1, 0.15) is 17.0 Å². The standard InChI is InChI=1S/C14H11N2O7P/c15-8-9-1-4-11(5-2-9)23-13-6-3-10(16(18)19)7-12(13)14(17)24(20,21)22/h1-7,14,17H,(H2,20,21,22). The van der Waals surface area contributed by atoms with Gasteiger partial charge in [0.25, 0.3) is 5.69 Å². The van der Waals surface area contributed by atoms with Crippen molar-refractivity contribution >= 4 is 13.3 Å². The van der Waals surface area contributed by atoms with Gasteiger partial charge in [0.05, 0.1) is 16.6 Å². The molecule has 3 N–H and O–H groups in total. The summed E-state index contributed by atoms with van der Waals surface area (Å²) in [6.45, 7) is 0. The zero-order chi connectivity index (χ0) is 17.9. The first kappa shape index (κ1) is 17.6. The van der Waals surface area contributed by atoms with Gasteiger partial charge in [0.2, 0.25) is 0 Å². The second kappa shape index (κ2) is 6.78. The average Bonchev–Trinajstić information content (AvgIpc) is 2.54. The number of hydrogen-bond acceptors (Lipinski definition) is 6. The molecule has 0 aliphatic rings. The molecule has 0 bridgehead atoms. The molecule has 0 radical (unpaired) electrons. The van der Waals surface area contributed by atoms with Gasteiger partial charge in [-0.3, -0.25) is 14.7 Å². The Morgan fingerprint density at radius 1 is 1.21 bits per heavy atom. The van der Waals surface area contributed by atoms with E-state index in [4.69, 9.17) is 19.8 Å². The van der Waals surface area contributed by atoms with Crippen molar-refractivity contribution in [2.75, 3.05) is 0 Å². The zero-order valence-electron chi connectivity index (χ0n) is 11.9. The normalized spacial score (nSPS) is 12.2. The number of rotatable bonds is 5. The fourth-order valence-corrected chi connectivity index (χ4v) is 2.41. The van der Waals surface area contributed by atoms with E-state index in [1.165, 1.54) is 24.3 Å². The van der Waals surface area contributed by atoms with Crippen molar-refractivity contribution in [3.05, 3.63) is 63.7 Å². The maximum Gasteiger partial charge on any atom is 0.358 e. The Hall–Kier alpha value is -2.76. The summed E-state index contributed by atoms with van der Waals surface area (Å²) in [6, 6.07) is 10.8. The van der Waals surface area contributed by atoms with Gasteiger partial charge in [-0.05, 0) is 30.3 Å². The van der Waals surface area contributed by atoms with Crippen LogP contribution in [-0.2, 0) is 4.57 Å². The number of ether oxygens (including phenoxy) is 1. The SMILES string of the molecule is N#Cc1ccc(Oc2ccc([N+](=O)[O-])cc2C(O)P(=O)(O)O)cc1. The number of nitro benzene ring substituents is 1. The first-order valence-corrected chi connectivity index (χ1v) is 8.10. The van der Waals surface area contributed by atoms with Crippen LogP contribution in [0, 0.1) is 21.4 Å². The molecule has 2 aromatic rings. The molecule has 1 unspecified atom stereocenters. The van der Waals surface area contributed by atoms with Crippen molar-refractivity contribution in [2.24, 2.45) is 0 Å². The number of hydrogen-bond donors (Lipinski definition) is 3. The number of benzene rings is 2. The van der Waals surface area contributed by atoms with Gasteiger partial charge in [-0.1, -0.05) is 0 Å². The van der Waals surface area contributed by atoms with Crippen molar-refractivity contribution in [1.29, 1.82) is 5.26 Å². The number of non-ortho nitro benzene ring substituents is 1. The summed E-state index contributed by atoms with van der Waals surface area (Å²) in [7, 11) is -4.96. The molecule has 0 aliphatic carbocycles. The highest BCUT2D eigenvalue weighted by molar-refractivity contribution is 7.51. The molecule has 124 valence electrons. The Morgan fingerprint density at radius 2 is 1.83 bits per heavy atom. The third-order valence-corrected chi connectivity index (χ3v) is 3.93. The maximum atomic E-state index is 11.3. The van der Waals surface area contributed by atoms with Crippen molar-refractivity contribution < 1.29 is 29.1 Å². The van der Waals surface area contributed by atoms with Crippen molar-refractivity contribution in [3.63, 3.8) is 0 Å². The fraction of sp³-hybridized carbons (Fsp3) is 0.0714. The Kier molecular flexibility index (Phi) is 4.97. The molecule has 0 heterocycles. The molecule has 24 heavy (non-hydrogen) atoms. The van der Waals surface area contributed by atoms with E-state index in [2.05, 4.69) is 0 Å². The van der Waals surface area contributed by atoms with Crippen LogP contribution >= 0.6 is 7.60 Å². The average molecular weight is 350 g/mol. The highest BCUT2D eigenvalue weighted by Crippen LogP contribution is 2.52. The van der Waals surface area contributed by atoms with E-state index in [0.29, 0.717) is 5.56 Å². The summed E-state index contributed by atoms with van der Waals surface area (Å²) in [6.07, 6.45) is 0. The van der Waals surface area contributed by atoms with E-state index in [9.17, 15) is 19.8 Å². The summed E-state index contributed by atoms with van der Waals surface area (Å²) in [5.41, 5.74) is -0.493. The summed E-state index contributed by atoms with van der Waals surface area (Å²) < 4.78 is 16.7. The van der Waals surface area contributed by atoms with Crippen LogP contribution in [0.3, 0.4) is 0 Å². The van der Waals surface area contributed by atoms with Crippen LogP contribution in [0.2, 0.25) is 0 Å². The quantitative estimate of drug-likeness (QED) is 0.422. The van der Waals surface area contributed by atoms with Gasteiger partial charge in [0, 0.05) is 17.7 Å². The summed E-state index contributed by atoms with van der Waals surface area (Å²) in [5.74, 6) is -2.20. The molecular formula is C14H11N2O7P. The van der Waals surface area contributed by atoms with Gasteiger partial charge in [0.15, 0.2) is 5.85 Å². The number of nitro groups is 1. The van der Waals surface area contributed by atoms with Crippen LogP contribution in [0.15, 0.2) is 42.5 Å². The molecule has 2 rings (SSSR count). The molecule has 9 nitrogen and oxygen atoms in total. The molecule has 0 aromatic heterocycles. The summed E-state index contributed by atoms with van der Waals surface area (Å²) in [5, 5.41) is 29.4. The van der Waals surface area contributed by atoms with Gasteiger partial charge in [-0.15, -0.1) is 0 Å². The lowest BCUT2D eigenvalue weighted by Gasteiger charge is -2.17. The molecule has 1 atom stereocenters. The molecular weight excluding hydrogens is 339 g/mol. The number of nitriles is 1. The smallest absolute Gasteiger partial charge is 0.358 e. The lowest BCUT2D eigenvalue weighted by atomic mass is 10.2. The third kappa shape index (κ3) is 3.95. The number of aliphatic hydroxyl groups is 1. The summed E-state index contributed by atoms with van der Waals surface area (Å²) in [4.78, 5) is 28.3. The lowest BCUT2D eigenvalue weighted by Crippen LogP contribution is -2.02. The van der Waals surface area contributed by atoms with E-state index >= 15 is 0 Å². The maximum absolute atomic E-state index is 11.3. The third-order valence-electron chi connectivity index (χ3n) is 3.01. The largest absolute Gasteiger partial charge is 0.457 e. The van der Waals surface area contributed by atoms with E-state index in [-0.39, 0.29) is 11.5 Å². The second-order valence-electron chi connectivity index (χ2n) is 4.68. The van der Waals surface area contributed by atoms with Crippen molar-refractivity contribution in [1.82, 2.24) is 0 Å². The predicted octanol–water partition coefficient (Wildman–Crippen LogP) is 2.43. The highest BCUT2D eigenvalue weighted by Gasteiger charge is 2.32. The molecule has 0 aliphatic heterocycles. The Bertz CT molecular complexity index is 854. The van der Waals surface area contributed by atoms with Crippen LogP contribution in [0.5, 0.6) is 11.5 Å². The molecule has 0 fully saturated rings. The van der Waals surface area contributed by atoms with E-state index in [1.807, 2.05) is 6.07 Å². The fourth-order valence-electron chi connectivity index (χ4n) is 1.85. The van der Waals surface area contributed by atoms with Gasteiger partial charge in [-0.25, -0.2) is 0 Å². The van der Waals surface area contributed by atoms with Gasteiger partial charge < -0.3 is 19.6 Å². The minimum atomic E-state index is -4.96. The second-order valence-corrected chi connectivity index (χ2v) is 6.35.